The Morgan fingerprint density at radius 3 is 2.75 bits per heavy atom. The van der Waals surface area contributed by atoms with E-state index in [4.69, 9.17) is 14.2 Å². The lowest BCUT2D eigenvalue weighted by molar-refractivity contribution is -0.000583. The second kappa shape index (κ2) is 4.31. The molecule has 0 aromatic heterocycles. The number of ether oxygens (including phenoxy) is 3. The molecule has 3 rings (SSSR count). The zero-order valence-corrected chi connectivity index (χ0v) is 9.07. The molecular formula is C12H15NO3. The van der Waals surface area contributed by atoms with Gasteiger partial charge < -0.3 is 14.2 Å². The number of hydrogen-bond donors (Lipinski definition) is 1. The van der Waals surface area contributed by atoms with Gasteiger partial charge in [-0.3, -0.25) is 5.32 Å². The van der Waals surface area contributed by atoms with E-state index in [2.05, 4.69) is 5.32 Å². The summed E-state index contributed by atoms with van der Waals surface area (Å²) in [6.07, 6.45) is 1.06. The van der Waals surface area contributed by atoms with Gasteiger partial charge in [-0.1, -0.05) is 6.07 Å². The van der Waals surface area contributed by atoms with Gasteiger partial charge in [0, 0.05) is 6.54 Å². The summed E-state index contributed by atoms with van der Waals surface area (Å²) in [4.78, 5) is 0. The molecular weight excluding hydrogens is 206 g/mol. The van der Waals surface area contributed by atoms with Crippen LogP contribution in [0.25, 0.3) is 0 Å². The lowest BCUT2D eigenvalue weighted by Gasteiger charge is -2.26. The predicted octanol–water partition coefficient (Wildman–Crippen LogP) is 1.47. The minimum absolute atomic E-state index is 0.00965. The van der Waals surface area contributed by atoms with Crippen LogP contribution in [0.2, 0.25) is 0 Å². The van der Waals surface area contributed by atoms with Gasteiger partial charge >= 0.3 is 0 Å². The predicted molar refractivity (Wildman–Crippen MR) is 58.7 cm³/mol. The van der Waals surface area contributed by atoms with Crippen LogP contribution in [0.4, 0.5) is 0 Å². The third-order valence-corrected chi connectivity index (χ3v) is 2.80. The highest BCUT2D eigenvalue weighted by Gasteiger charge is 2.18. The maximum atomic E-state index is 5.65. The molecule has 1 aromatic rings. The first-order valence-electron chi connectivity index (χ1n) is 5.68. The van der Waals surface area contributed by atoms with Gasteiger partial charge in [0.25, 0.3) is 0 Å². The average Bonchev–Trinajstić information content (AvgIpc) is 2.39. The van der Waals surface area contributed by atoms with E-state index in [0.717, 1.165) is 36.6 Å². The van der Waals surface area contributed by atoms with Crippen LogP contribution in [-0.4, -0.2) is 26.4 Å². The summed E-state index contributed by atoms with van der Waals surface area (Å²) in [7, 11) is 0. The van der Waals surface area contributed by atoms with Gasteiger partial charge in [0.05, 0.1) is 6.61 Å². The minimum atomic E-state index is -0.00965. The first kappa shape index (κ1) is 9.93. The molecule has 1 fully saturated rings. The molecule has 4 nitrogen and oxygen atoms in total. The Hall–Kier alpha value is -1.26. The molecule has 0 aliphatic carbocycles. The molecule has 16 heavy (non-hydrogen) atoms. The fourth-order valence-electron chi connectivity index (χ4n) is 2.00. The van der Waals surface area contributed by atoms with Crippen molar-refractivity contribution in [2.24, 2.45) is 0 Å². The third-order valence-electron chi connectivity index (χ3n) is 2.80. The SMILES string of the molecule is c1cc2c(cc1C1NCCCO1)OCCO2. The Kier molecular flexibility index (Phi) is 2.68. The maximum absolute atomic E-state index is 5.65. The number of rotatable bonds is 1. The molecule has 2 aliphatic heterocycles. The van der Waals surface area contributed by atoms with Crippen LogP contribution >= 0.6 is 0 Å². The van der Waals surface area contributed by atoms with Crippen molar-refractivity contribution in [2.75, 3.05) is 26.4 Å². The molecule has 1 atom stereocenters. The molecule has 2 heterocycles. The average molecular weight is 221 g/mol. The Bertz CT molecular complexity index is 375. The fraction of sp³-hybridized carbons (Fsp3) is 0.500. The Labute approximate surface area is 94.5 Å². The number of benzene rings is 1. The summed E-state index contributed by atoms with van der Waals surface area (Å²) in [5, 5.41) is 3.32. The Morgan fingerprint density at radius 2 is 1.94 bits per heavy atom. The molecule has 0 bridgehead atoms. The standard InChI is InChI=1S/C12H15NO3/c1-4-13-12(16-5-1)9-2-3-10-11(8-9)15-7-6-14-10/h2-3,8,12-13H,1,4-7H2. The smallest absolute Gasteiger partial charge is 0.161 e. The molecule has 0 amide bonds. The summed E-state index contributed by atoms with van der Waals surface area (Å²) < 4.78 is 16.7. The second-order valence-electron chi connectivity index (χ2n) is 3.96. The zero-order chi connectivity index (χ0) is 10.8. The van der Waals surface area contributed by atoms with Crippen molar-refractivity contribution >= 4 is 0 Å². The normalized spacial score (nSPS) is 24.1. The molecule has 1 saturated heterocycles. The molecule has 0 saturated carbocycles. The monoisotopic (exact) mass is 221 g/mol. The number of nitrogens with one attached hydrogen (secondary N) is 1. The highest BCUT2D eigenvalue weighted by atomic mass is 16.6. The minimum Gasteiger partial charge on any atom is -0.486 e. The summed E-state index contributed by atoms with van der Waals surface area (Å²) in [6, 6.07) is 5.97. The lowest BCUT2D eigenvalue weighted by Crippen LogP contribution is -2.31. The van der Waals surface area contributed by atoms with Crippen molar-refractivity contribution in [3.63, 3.8) is 0 Å². The van der Waals surface area contributed by atoms with Gasteiger partial charge in [0.1, 0.15) is 19.4 Å². The van der Waals surface area contributed by atoms with Crippen molar-refractivity contribution in [2.45, 2.75) is 12.6 Å². The Morgan fingerprint density at radius 1 is 1.06 bits per heavy atom. The quantitative estimate of drug-likeness (QED) is 0.779. The molecule has 86 valence electrons. The molecule has 0 radical (unpaired) electrons. The summed E-state index contributed by atoms with van der Waals surface area (Å²) >= 11 is 0. The van der Waals surface area contributed by atoms with E-state index in [1.807, 2.05) is 18.2 Å². The maximum Gasteiger partial charge on any atom is 0.161 e. The van der Waals surface area contributed by atoms with Crippen LogP contribution in [-0.2, 0) is 4.74 Å². The first-order chi connectivity index (χ1) is 7.93. The van der Waals surface area contributed by atoms with Gasteiger partial charge in [0.15, 0.2) is 11.5 Å². The first-order valence-corrected chi connectivity index (χ1v) is 5.68. The van der Waals surface area contributed by atoms with Crippen LogP contribution in [0.5, 0.6) is 11.5 Å². The van der Waals surface area contributed by atoms with Gasteiger partial charge in [-0.15, -0.1) is 0 Å². The summed E-state index contributed by atoms with van der Waals surface area (Å²) in [6.45, 7) is 3.06. The molecule has 1 aromatic carbocycles. The van der Waals surface area contributed by atoms with E-state index in [9.17, 15) is 0 Å². The van der Waals surface area contributed by atoms with E-state index in [0.29, 0.717) is 13.2 Å². The van der Waals surface area contributed by atoms with Crippen LogP contribution in [0.15, 0.2) is 18.2 Å². The highest BCUT2D eigenvalue weighted by molar-refractivity contribution is 5.44. The van der Waals surface area contributed by atoms with E-state index in [-0.39, 0.29) is 6.23 Å². The molecule has 1 unspecified atom stereocenters. The van der Waals surface area contributed by atoms with Crippen molar-refractivity contribution in [3.8, 4) is 11.5 Å². The van der Waals surface area contributed by atoms with E-state index < -0.39 is 0 Å². The van der Waals surface area contributed by atoms with Gasteiger partial charge in [-0.05, 0) is 24.1 Å². The van der Waals surface area contributed by atoms with Crippen molar-refractivity contribution in [1.29, 1.82) is 0 Å². The zero-order valence-electron chi connectivity index (χ0n) is 9.07. The number of fused-ring (bicyclic) bond motifs is 1. The lowest BCUT2D eigenvalue weighted by atomic mass is 10.1. The third kappa shape index (κ3) is 1.86. The summed E-state index contributed by atoms with van der Waals surface area (Å²) in [5.74, 6) is 1.64. The van der Waals surface area contributed by atoms with Crippen LogP contribution in [0.3, 0.4) is 0 Å². The van der Waals surface area contributed by atoms with Crippen LogP contribution in [0, 0.1) is 0 Å². The molecule has 1 N–H and O–H groups in total. The van der Waals surface area contributed by atoms with Gasteiger partial charge in [-0.25, -0.2) is 0 Å². The highest BCUT2D eigenvalue weighted by Crippen LogP contribution is 2.33. The fourth-order valence-corrected chi connectivity index (χ4v) is 2.00. The van der Waals surface area contributed by atoms with Crippen molar-refractivity contribution in [1.82, 2.24) is 5.32 Å². The van der Waals surface area contributed by atoms with Gasteiger partial charge in [-0.2, -0.15) is 0 Å². The van der Waals surface area contributed by atoms with E-state index >= 15 is 0 Å². The molecule has 4 heteroatoms. The van der Waals surface area contributed by atoms with Crippen LogP contribution < -0.4 is 14.8 Å². The number of hydrogen-bond acceptors (Lipinski definition) is 4. The van der Waals surface area contributed by atoms with Crippen LogP contribution in [0.1, 0.15) is 18.2 Å². The van der Waals surface area contributed by atoms with Crippen molar-refractivity contribution in [3.05, 3.63) is 23.8 Å². The summed E-state index contributed by atoms with van der Waals surface area (Å²) in [5.41, 5.74) is 1.10. The molecule has 2 aliphatic rings. The van der Waals surface area contributed by atoms with E-state index in [1.54, 1.807) is 0 Å². The molecule has 0 spiro atoms. The van der Waals surface area contributed by atoms with Gasteiger partial charge in [0.2, 0.25) is 0 Å². The topological polar surface area (TPSA) is 39.7 Å². The second-order valence-corrected chi connectivity index (χ2v) is 3.96. The Balaban J connectivity index is 1.84. The largest absolute Gasteiger partial charge is 0.486 e. The van der Waals surface area contributed by atoms with Crippen molar-refractivity contribution < 1.29 is 14.2 Å². The van der Waals surface area contributed by atoms with E-state index in [1.165, 1.54) is 0 Å².